The highest BCUT2D eigenvalue weighted by Crippen LogP contribution is 2.23. The Labute approximate surface area is 160 Å². The van der Waals surface area contributed by atoms with Gasteiger partial charge in [0, 0.05) is 26.2 Å². The molecule has 0 bridgehead atoms. The Balaban J connectivity index is 1.51. The number of nitrogens with zero attached hydrogens (tertiary/aromatic N) is 4. The van der Waals surface area contributed by atoms with E-state index in [9.17, 15) is 9.59 Å². The lowest BCUT2D eigenvalue weighted by molar-refractivity contribution is 0.0714. The molecule has 138 valence electrons. The van der Waals surface area contributed by atoms with Crippen molar-refractivity contribution in [3.63, 3.8) is 0 Å². The average molecular weight is 385 g/mol. The smallest absolute Gasteiger partial charge is 0.292 e. The summed E-state index contributed by atoms with van der Waals surface area (Å²) in [6, 6.07) is 12.5. The molecule has 3 aromatic rings. The lowest BCUT2D eigenvalue weighted by Gasteiger charge is -2.35. The van der Waals surface area contributed by atoms with Gasteiger partial charge in [0.15, 0.2) is 5.76 Å². The molecule has 1 fully saturated rings. The lowest BCUT2D eigenvalue weighted by atomic mass is 10.2. The van der Waals surface area contributed by atoms with E-state index in [1.807, 2.05) is 23.1 Å². The van der Waals surface area contributed by atoms with Crippen molar-refractivity contribution in [3.8, 4) is 5.69 Å². The molecule has 27 heavy (non-hydrogen) atoms. The topological polar surface area (TPSA) is 71.6 Å². The van der Waals surface area contributed by atoms with Gasteiger partial charge >= 0.3 is 0 Å². The normalized spacial score (nSPS) is 14.4. The number of carbonyl (C=O) groups excluding carboxylic acids is 1. The maximum Gasteiger partial charge on any atom is 0.292 e. The van der Waals surface area contributed by atoms with E-state index < -0.39 is 0 Å². The van der Waals surface area contributed by atoms with Crippen LogP contribution in [0.1, 0.15) is 10.6 Å². The molecule has 0 aliphatic carbocycles. The summed E-state index contributed by atoms with van der Waals surface area (Å²) >= 11 is 6.35. The molecule has 1 aromatic carbocycles. The van der Waals surface area contributed by atoms with E-state index in [1.165, 1.54) is 10.9 Å². The van der Waals surface area contributed by atoms with Crippen molar-refractivity contribution < 1.29 is 9.21 Å². The first-order valence-electron chi connectivity index (χ1n) is 8.56. The van der Waals surface area contributed by atoms with Crippen LogP contribution in [0.2, 0.25) is 5.02 Å². The van der Waals surface area contributed by atoms with Gasteiger partial charge in [-0.25, -0.2) is 0 Å². The molecule has 2 aromatic heterocycles. The molecule has 1 aliphatic rings. The zero-order valence-electron chi connectivity index (χ0n) is 14.4. The van der Waals surface area contributed by atoms with E-state index in [4.69, 9.17) is 16.0 Å². The molecule has 4 rings (SSSR count). The standard InChI is InChI=1S/C19H17ClN4O3/c20-17-15(13-21-24(19(17)26)14-5-2-1-3-6-14)22-8-10-23(11-9-22)18(25)16-7-4-12-27-16/h1-7,12-13H,8-11H2. The summed E-state index contributed by atoms with van der Waals surface area (Å²) in [6.07, 6.45) is 3.08. The lowest BCUT2D eigenvalue weighted by Crippen LogP contribution is -2.49. The van der Waals surface area contributed by atoms with Crippen LogP contribution in [-0.4, -0.2) is 46.8 Å². The Bertz CT molecular complexity index is 994. The van der Waals surface area contributed by atoms with Gasteiger partial charge in [-0.3, -0.25) is 9.59 Å². The second kappa shape index (κ2) is 7.28. The van der Waals surface area contributed by atoms with Crippen molar-refractivity contribution in [2.24, 2.45) is 0 Å². The van der Waals surface area contributed by atoms with Crippen molar-refractivity contribution in [3.05, 3.63) is 76.1 Å². The highest BCUT2D eigenvalue weighted by atomic mass is 35.5. The van der Waals surface area contributed by atoms with Crippen LogP contribution in [0.4, 0.5) is 5.69 Å². The number of carbonyl (C=O) groups is 1. The van der Waals surface area contributed by atoms with E-state index in [-0.39, 0.29) is 16.5 Å². The van der Waals surface area contributed by atoms with E-state index in [2.05, 4.69) is 5.10 Å². The minimum atomic E-state index is -0.366. The summed E-state index contributed by atoms with van der Waals surface area (Å²) in [6.45, 7) is 2.14. The van der Waals surface area contributed by atoms with Crippen LogP contribution in [-0.2, 0) is 0 Å². The third kappa shape index (κ3) is 3.33. The van der Waals surface area contributed by atoms with Crippen LogP contribution in [0, 0.1) is 0 Å². The van der Waals surface area contributed by atoms with Crippen molar-refractivity contribution in [1.29, 1.82) is 0 Å². The minimum Gasteiger partial charge on any atom is -0.459 e. The molecule has 1 amide bonds. The van der Waals surface area contributed by atoms with Crippen LogP contribution < -0.4 is 10.5 Å². The summed E-state index contributed by atoms with van der Waals surface area (Å²) < 4.78 is 6.45. The maximum absolute atomic E-state index is 12.6. The second-order valence-electron chi connectivity index (χ2n) is 6.15. The summed E-state index contributed by atoms with van der Waals surface area (Å²) in [4.78, 5) is 28.7. The van der Waals surface area contributed by atoms with Crippen LogP contribution in [0.15, 0.2) is 64.1 Å². The SMILES string of the molecule is O=C(c1ccco1)N1CCN(c2cnn(-c3ccccc3)c(=O)c2Cl)CC1. The predicted octanol–water partition coefficient (Wildman–Crippen LogP) is 2.44. The first kappa shape index (κ1) is 17.4. The fourth-order valence-corrected chi connectivity index (χ4v) is 3.35. The zero-order valence-corrected chi connectivity index (χ0v) is 15.2. The number of piperazine rings is 1. The fraction of sp³-hybridized carbons (Fsp3) is 0.211. The van der Waals surface area contributed by atoms with Gasteiger partial charge in [-0.15, -0.1) is 0 Å². The molecular weight excluding hydrogens is 368 g/mol. The molecule has 0 radical (unpaired) electrons. The number of furan rings is 1. The van der Waals surface area contributed by atoms with Crippen molar-refractivity contribution in [1.82, 2.24) is 14.7 Å². The molecule has 0 spiro atoms. The van der Waals surface area contributed by atoms with Gasteiger partial charge in [-0.1, -0.05) is 29.8 Å². The number of anilines is 1. The van der Waals surface area contributed by atoms with Gasteiger partial charge in [0.2, 0.25) is 0 Å². The molecule has 0 saturated carbocycles. The third-order valence-corrected chi connectivity index (χ3v) is 4.90. The van der Waals surface area contributed by atoms with Crippen LogP contribution >= 0.6 is 11.6 Å². The number of aromatic nitrogens is 2. The van der Waals surface area contributed by atoms with Crippen molar-refractivity contribution in [2.45, 2.75) is 0 Å². The average Bonchev–Trinajstić information content (AvgIpc) is 3.25. The molecule has 0 N–H and O–H groups in total. The number of benzene rings is 1. The molecule has 1 saturated heterocycles. The molecular formula is C19H17ClN4O3. The Morgan fingerprint density at radius 1 is 1.04 bits per heavy atom. The van der Waals surface area contributed by atoms with E-state index in [1.54, 1.807) is 35.4 Å². The molecule has 1 aliphatic heterocycles. The van der Waals surface area contributed by atoms with Crippen LogP contribution in [0.5, 0.6) is 0 Å². The van der Waals surface area contributed by atoms with Crippen molar-refractivity contribution in [2.75, 3.05) is 31.1 Å². The number of hydrogen-bond donors (Lipinski definition) is 0. The maximum atomic E-state index is 12.6. The molecule has 3 heterocycles. The number of halogens is 1. The van der Waals surface area contributed by atoms with Crippen LogP contribution in [0.25, 0.3) is 5.69 Å². The van der Waals surface area contributed by atoms with Gasteiger partial charge in [0.05, 0.1) is 23.8 Å². The summed E-state index contributed by atoms with van der Waals surface area (Å²) in [5.74, 6) is 0.192. The monoisotopic (exact) mass is 384 g/mol. The summed E-state index contributed by atoms with van der Waals surface area (Å²) in [5, 5.41) is 4.39. The van der Waals surface area contributed by atoms with Gasteiger partial charge in [-0.05, 0) is 24.3 Å². The van der Waals surface area contributed by atoms with E-state index in [0.29, 0.717) is 43.3 Å². The highest BCUT2D eigenvalue weighted by Gasteiger charge is 2.25. The Kier molecular flexibility index (Phi) is 4.68. The zero-order chi connectivity index (χ0) is 18.8. The third-order valence-electron chi connectivity index (χ3n) is 4.54. The number of rotatable bonds is 3. The van der Waals surface area contributed by atoms with Crippen LogP contribution in [0.3, 0.4) is 0 Å². The second-order valence-corrected chi connectivity index (χ2v) is 6.53. The quantitative estimate of drug-likeness (QED) is 0.693. The van der Waals surface area contributed by atoms with Gasteiger partial charge < -0.3 is 14.2 Å². The summed E-state index contributed by atoms with van der Waals surface area (Å²) in [7, 11) is 0. The first-order valence-corrected chi connectivity index (χ1v) is 8.94. The summed E-state index contributed by atoms with van der Waals surface area (Å²) in [5.41, 5.74) is 0.873. The van der Waals surface area contributed by atoms with E-state index >= 15 is 0 Å². The predicted molar refractivity (Wildman–Crippen MR) is 102 cm³/mol. The van der Waals surface area contributed by atoms with Crippen molar-refractivity contribution >= 4 is 23.2 Å². The Hall–Kier alpha value is -3.06. The first-order chi connectivity index (χ1) is 13.1. The van der Waals surface area contributed by atoms with E-state index in [0.717, 1.165) is 0 Å². The molecule has 0 atom stereocenters. The van der Waals surface area contributed by atoms with Gasteiger partial charge in [0.1, 0.15) is 5.02 Å². The highest BCUT2D eigenvalue weighted by molar-refractivity contribution is 6.33. The fourth-order valence-electron chi connectivity index (χ4n) is 3.10. The minimum absolute atomic E-state index is 0.125. The molecule has 7 nitrogen and oxygen atoms in total. The Morgan fingerprint density at radius 2 is 1.78 bits per heavy atom. The number of amides is 1. The number of hydrogen-bond acceptors (Lipinski definition) is 5. The molecule has 0 unspecified atom stereocenters. The molecule has 8 heteroatoms. The number of para-hydroxylation sites is 1. The Morgan fingerprint density at radius 3 is 2.44 bits per heavy atom. The largest absolute Gasteiger partial charge is 0.459 e. The van der Waals surface area contributed by atoms with Gasteiger partial charge in [-0.2, -0.15) is 9.78 Å². The van der Waals surface area contributed by atoms with Gasteiger partial charge in [0.25, 0.3) is 11.5 Å².